The number of nitrogen functional groups attached to an aromatic ring is 1. The fourth-order valence-corrected chi connectivity index (χ4v) is 2.91. The van der Waals surface area contributed by atoms with Crippen LogP contribution in [0.25, 0.3) is 11.4 Å². The summed E-state index contributed by atoms with van der Waals surface area (Å²) < 4.78 is 1.44. The van der Waals surface area contributed by atoms with Crippen molar-refractivity contribution in [2.45, 2.75) is 57.7 Å². The van der Waals surface area contributed by atoms with Gasteiger partial charge in [0.15, 0.2) is 5.82 Å². The highest BCUT2D eigenvalue weighted by Gasteiger charge is 2.16. The van der Waals surface area contributed by atoms with E-state index >= 15 is 0 Å². The number of nitrogens with zero attached hydrogens (tertiary/aromatic N) is 3. The zero-order chi connectivity index (χ0) is 18.6. The first kappa shape index (κ1) is 19.3. The lowest BCUT2D eigenvalue weighted by Crippen LogP contribution is -2.33. The molecule has 0 aliphatic heterocycles. The molecule has 1 aromatic heterocycles. The Kier molecular flexibility index (Phi) is 6.11. The van der Waals surface area contributed by atoms with E-state index < -0.39 is 0 Å². The Balaban J connectivity index is 2.07. The van der Waals surface area contributed by atoms with Crippen LogP contribution in [0.5, 0.6) is 0 Å². The van der Waals surface area contributed by atoms with Crippen molar-refractivity contribution in [1.29, 1.82) is 0 Å². The minimum atomic E-state index is -0.0292. The number of hydrogen-bond acceptors (Lipinski definition) is 5. The number of rotatable bonds is 6. The molecular formula is C18H27N5OS. The van der Waals surface area contributed by atoms with Crippen LogP contribution in [0.4, 0.5) is 0 Å². The van der Waals surface area contributed by atoms with Crippen molar-refractivity contribution in [3.63, 3.8) is 0 Å². The lowest BCUT2D eigenvalue weighted by atomic mass is 9.87. The van der Waals surface area contributed by atoms with Crippen LogP contribution in [0.15, 0.2) is 29.4 Å². The summed E-state index contributed by atoms with van der Waals surface area (Å²) >= 11 is 1.28. The Hall–Kier alpha value is -2.02. The third-order valence-corrected chi connectivity index (χ3v) is 4.97. The smallest absolute Gasteiger partial charge is 0.230 e. The van der Waals surface area contributed by atoms with Crippen molar-refractivity contribution in [3.05, 3.63) is 29.8 Å². The van der Waals surface area contributed by atoms with Crippen molar-refractivity contribution >= 4 is 17.7 Å². The monoisotopic (exact) mass is 361 g/mol. The second kappa shape index (κ2) is 7.91. The molecule has 0 fully saturated rings. The van der Waals surface area contributed by atoms with Gasteiger partial charge in [-0.2, -0.15) is 0 Å². The maximum absolute atomic E-state index is 11.9. The van der Waals surface area contributed by atoms with Gasteiger partial charge in [0.2, 0.25) is 11.1 Å². The number of carbonyl (C=O) groups excluding carboxylic acids is 1. The van der Waals surface area contributed by atoms with Gasteiger partial charge in [0, 0.05) is 11.6 Å². The summed E-state index contributed by atoms with van der Waals surface area (Å²) in [6.45, 7) is 10.5. The number of aromatic nitrogens is 3. The van der Waals surface area contributed by atoms with Gasteiger partial charge in [0.25, 0.3) is 0 Å². The Morgan fingerprint density at radius 1 is 1.28 bits per heavy atom. The zero-order valence-electron chi connectivity index (χ0n) is 15.5. The Labute approximate surface area is 153 Å². The van der Waals surface area contributed by atoms with Gasteiger partial charge >= 0.3 is 0 Å². The highest BCUT2D eigenvalue weighted by molar-refractivity contribution is 7.99. The molecule has 0 bridgehead atoms. The molecule has 1 atom stereocenters. The molecule has 1 heterocycles. The molecular weight excluding hydrogens is 334 g/mol. The van der Waals surface area contributed by atoms with E-state index in [0.29, 0.717) is 11.0 Å². The molecule has 6 nitrogen and oxygen atoms in total. The first-order chi connectivity index (χ1) is 11.7. The zero-order valence-corrected chi connectivity index (χ0v) is 16.4. The Morgan fingerprint density at radius 3 is 2.48 bits per heavy atom. The highest BCUT2D eigenvalue weighted by atomic mass is 32.2. The quantitative estimate of drug-likeness (QED) is 0.610. The minimum absolute atomic E-state index is 0.0292. The molecule has 1 amide bonds. The lowest BCUT2D eigenvalue weighted by Gasteiger charge is -2.19. The molecule has 0 spiro atoms. The topological polar surface area (TPSA) is 85.8 Å². The van der Waals surface area contributed by atoms with Crippen molar-refractivity contribution in [1.82, 2.24) is 20.2 Å². The van der Waals surface area contributed by atoms with Crippen molar-refractivity contribution in [2.24, 2.45) is 0 Å². The van der Waals surface area contributed by atoms with Gasteiger partial charge < -0.3 is 11.2 Å². The number of carbonyl (C=O) groups is 1. The molecule has 136 valence electrons. The predicted octanol–water partition coefficient (Wildman–Crippen LogP) is 2.96. The second-order valence-corrected chi connectivity index (χ2v) is 8.11. The molecule has 1 aromatic carbocycles. The van der Waals surface area contributed by atoms with E-state index in [1.807, 2.05) is 26.0 Å². The van der Waals surface area contributed by atoms with Crippen LogP contribution >= 0.6 is 11.8 Å². The molecule has 2 rings (SSSR count). The summed E-state index contributed by atoms with van der Waals surface area (Å²) in [5.74, 6) is 6.94. The Bertz CT molecular complexity index is 718. The summed E-state index contributed by atoms with van der Waals surface area (Å²) in [5, 5.41) is 11.7. The molecule has 0 saturated heterocycles. The largest absolute Gasteiger partial charge is 0.353 e. The minimum Gasteiger partial charge on any atom is -0.353 e. The van der Waals surface area contributed by atoms with Crippen LogP contribution in [0.3, 0.4) is 0 Å². The maximum Gasteiger partial charge on any atom is 0.230 e. The van der Waals surface area contributed by atoms with Crippen LogP contribution in [-0.2, 0) is 10.2 Å². The number of benzene rings is 1. The van der Waals surface area contributed by atoms with E-state index in [-0.39, 0.29) is 23.1 Å². The van der Waals surface area contributed by atoms with Crippen LogP contribution in [-0.4, -0.2) is 32.6 Å². The van der Waals surface area contributed by atoms with Crippen LogP contribution in [0, 0.1) is 0 Å². The number of thioether (sulfide) groups is 1. The third-order valence-electron chi connectivity index (χ3n) is 4.03. The summed E-state index contributed by atoms with van der Waals surface area (Å²) in [4.78, 5) is 11.9. The van der Waals surface area contributed by atoms with Crippen molar-refractivity contribution < 1.29 is 4.79 Å². The highest BCUT2D eigenvalue weighted by Crippen LogP contribution is 2.26. The van der Waals surface area contributed by atoms with Gasteiger partial charge in [-0.3, -0.25) is 4.79 Å². The molecule has 0 aliphatic rings. The average molecular weight is 362 g/mol. The summed E-state index contributed by atoms with van der Waals surface area (Å²) in [7, 11) is 0. The van der Waals surface area contributed by atoms with Crippen molar-refractivity contribution in [3.8, 4) is 11.4 Å². The molecule has 3 N–H and O–H groups in total. The fourth-order valence-electron chi connectivity index (χ4n) is 2.24. The molecule has 25 heavy (non-hydrogen) atoms. The van der Waals surface area contributed by atoms with E-state index in [1.165, 1.54) is 22.0 Å². The normalized spacial score (nSPS) is 12.8. The third kappa shape index (κ3) is 4.98. The standard InChI is InChI=1S/C18H27N5OS/c1-6-12(2)20-15(24)11-25-17-22-21-16(23(17)19)13-7-9-14(10-8-13)18(3,4)5/h7-10,12H,6,11,19H2,1-5H3,(H,20,24)/t12-/m0/s1. The van der Waals surface area contributed by atoms with Gasteiger partial charge in [-0.1, -0.05) is 63.7 Å². The van der Waals surface area contributed by atoms with Gasteiger partial charge in [-0.25, -0.2) is 4.68 Å². The summed E-state index contributed by atoms with van der Waals surface area (Å²) in [5.41, 5.74) is 2.24. The summed E-state index contributed by atoms with van der Waals surface area (Å²) in [6, 6.07) is 8.32. The fraction of sp³-hybridized carbons (Fsp3) is 0.500. The number of nitrogens with one attached hydrogen (secondary N) is 1. The second-order valence-electron chi connectivity index (χ2n) is 7.17. The van der Waals surface area contributed by atoms with Gasteiger partial charge in [-0.15, -0.1) is 10.2 Å². The number of nitrogens with two attached hydrogens (primary N) is 1. The molecule has 0 radical (unpaired) electrons. The summed E-state index contributed by atoms with van der Waals surface area (Å²) in [6.07, 6.45) is 0.901. The first-order valence-corrected chi connectivity index (χ1v) is 9.44. The van der Waals surface area contributed by atoms with E-state index in [0.717, 1.165) is 12.0 Å². The molecule has 0 unspecified atom stereocenters. The van der Waals surface area contributed by atoms with Crippen LogP contribution < -0.4 is 11.2 Å². The van der Waals surface area contributed by atoms with E-state index in [4.69, 9.17) is 5.84 Å². The number of amides is 1. The first-order valence-electron chi connectivity index (χ1n) is 8.46. The molecule has 0 saturated carbocycles. The molecule has 2 aromatic rings. The Morgan fingerprint density at radius 2 is 1.92 bits per heavy atom. The van der Waals surface area contributed by atoms with Gasteiger partial charge in [0.1, 0.15) is 0 Å². The maximum atomic E-state index is 11.9. The SMILES string of the molecule is CC[C@H](C)NC(=O)CSc1nnc(-c2ccc(C(C)(C)C)cc2)n1N. The van der Waals surface area contributed by atoms with Gasteiger partial charge in [-0.05, 0) is 24.3 Å². The average Bonchev–Trinajstić information content (AvgIpc) is 2.93. The van der Waals surface area contributed by atoms with Gasteiger partial charge in [0.05, 0.1) is 5.75 Å². The van der Waals surface area contributed by atoms with Crippen LogP contribution in [0.1, 0.15) is 46.6 Å². The van der Waals surface area contributed by atoms with Crippen molar-refractivity contribution in [2.75, 3.05) is 11.6 Å². The van der Waals surface area contributed by atoms with Crippen LogP contribution in [0.2, 0.25) is 0 Å². The lowest BCUT2D eigenvalue weighted by molar-refractivity contribution is -0.119. The predicted molar refractivity (Wildman–Crippen MR) is 103 cm³/mol. The number of hydrogen-bond donors (Lipinski definition) is 2. The van der Waals surface area contributed by atoms with E-state index in [1.54, 1.807) is 0 Å². The molecule has 0 aliphatic carbocycles. The molecule has 7 heteroatoms. The van der Waals surface area contributed by atoms with E-state index in [9.17, 15) is 4.79 Å². The van der Waals surface area contributed by atoms with E-state index in [2.05, 4.69) is 48.4 Å².